The summed E-state index contributed by atoms with van der Waals surface area (Å²) in [4.78, 5) is 25.7. The molecular weight excluding hydrogens is 817 g/mol. The lowest BCUT2D eigenvalue weighted by Gasteiger charge is -2.28. The van der Waals surface area contributed by atoms with Crippen LogP contribution in [-0.4, -0.2) is 38.4 Å². The number of hydrogen-bond donors (Lipinski definition) is 0. The molecule has 0 saturated heterocycles. The molecular formula is C60H94O6. The van der Waals surface area contributed by atoms with Gasteiger partial charge in [-0.15, -0.1) is 0 Å². The highest BCUT2D eigenvalue weighted by atomic mass is 16.5. The minimum absolute atomic E-state index is 0.202. The van der Waals surface area contributed by atoms with E-state index in [1.165, 1.54) is 193 Å². The van der Waals surface area contributed by atoms with Crippen LogP contribution in [0, 0.1) is 23.7 Å². The lowest BCUT2D eigenvalue weighted by Crippen LogP contribution is -2.18. The number of carbonyl (C=O) groups excluding carboxylic acids is 2. The standard InChI is InChI=1S/C60H94O6/c1-3-5-7-9-11-13-15-17-19-21-27-49-33-37-51(38-34-49)41-45-63-57(61)43-47-65-59-53-29-23-25-31-55(53)60(56-32-26-24-30-54(56)59)66-48-44-58(62)64-46-42-52-39-35-50(36-40-52)28-22-20-18-16-14-12-10-8-6-4-2/h23-26,29-32,49-52H,3-22,27-28,33-48H2,1-2H3. The summed E-state index contributed by atoms with van der Waals surface area (Å²) in [5.41, 5.74) is 0. The molecule has 0 aliphatic heterocycles. The largest absolute Gasteiger partial charge is 0.492 e. The van der Waals surface area contributed by atoms with Gasteiger partial charge in [-0.1, -0.05) is 255 Å². The van der Waals surface area contributed by atoms with E-state index in [2.05, 4.69) is 13.8 Å². The molecule has 3 aromatic rings. The topological polar surface area (TPSA) is 71.1 Å². The molecule has 6 nitrogen and oxygen atoms in total. The first-order valence-corrected chi connectivity index (χ1v) is 28.1. The van der Waals surface area contributed by atoms with Crippen molar-refractivity contribution in [1.29, 1.82) is 0 Å². The summed E-state index contributed by atoms with van der Waals surface area (Å²) in [5, 5.41) is 3.68. The zero-order valence-corrected chi connectivity index (χ0v) is 42.2. The summed E-state index contributed by atoms with van der Waals surface area (Å²) in [6, 6.07) is 16.1. The summed E-state index contributed by atoms with van der Waals surface area (Å²) < 4.78 is 24.2. The fraction of sp³-hybridized carbons (Fsp3) is 0.733. The fourth-order valence-corrected chi connectivity index (χ4v) is 11.1. The van der Waals surface area contributed by atoms with E-state index in [0.717, 1.165) is 57.7 Å². The smallest absolute Gasteiger partial charge is 0.309 e. The van der Waals surface area contributed by atoms with Crippen molar-refractivity contribution in [2.75, 3.05) is 26.4 Å². The molecule has 0 aromatic heterocycles. The monoisotopic (exact) mass is 911 g/mol. The predicted octanol–water partition coefficient (Wildman–Crippen LogP) is 17.6. The van der Waals surface area contributed by atoms with Crippen LogP contribution in [0.2, 0.25) is 0 Å². The van der Waals surface area contributed by atoms with Gasteiger partial charge in [0.25, 0.3) is 0 Å². The van der Waals surface area contributed by atoms with Gasteiger partial charge < -0.3 is 18.9 Å². The number of esters is 2. The Hall–Kier alpha value is -3.28. The van der Waals surface area contributed by atoms with Gasteiger partial charge in [0.05, 0.1) is 39.3 Å². The zero-order valence-electron chi connectivity index (χ0n) is 42.2. The Morgan fingerprint density at radius 1 is 0.379 bits per heavy atom. The Morgan fingerprint density at radius 2 is 0.652 bits per heavy atom. The SMILES string of the molecule is CCCCCCCCCCCCC1CCC(CCOC(=O)CCOc2c3ccccc3c(OCCC(=O)OCCC3CCC(CCCCCCCCCCCC)CC3)c3ccccc23)CC1. The van der Waals surface area contributed by atoms with Gasteiger partial charge in [-0.25, -0.2) is 0 Å². The molecule has 0 heterocycles. The molecule has 0 unspecified atom stereocenters. The van der Waals surface area contributed by atoms with Crippen LogP contribution in [-0.2, 0) is 19.1 Å². The minimum atomic E-state index is -0.202. The van der Waals surface area contributed by atoms with E-state index in [9.17, 15) is 9.59 Å². The minimum Gasteiger partial charge on any atom is -0.492 e. The second-order valence-corrected chi connectivity index (χ2v) is 20.7. The first-order valence-electron chi connectivity index (χ1n) is 28.1. The van der Waals surface area contributed by atoms with Gasteiger partial charge in [-0.3, -0.25) is 9.59 Å². The van der Waals surface area contributed by atoms with Crippen molar-refractivity contribution in [2.24, 2.45) is 23.7 Å². The molecule has 0 amide bonds. The summed E-state index contributed by atoms with van der Waals surface area (Å²) in [7, 11) is 0. The molecule has 0 spiro atoms. The fourth-order valence-electron chi connectivity index (χ4n) is 11.1. The molecule has 5 rings (SSSR count). The highest BCUT2D eigenvalue weighted by Gasteiger charge is 2.23. The lowest BCUT2D eigenvalue weighted by atomic mass is 9.78. The number of hydrogen-bond acceptors (Lipinski definition) is 6. The number of rotatable bonds is 36. The molecule has 3 aromatic carbocycles. The third kappa shape index (κ3) is 20.5. The molecule has 0 atom stereocenters. The molecule has 2 aliphatic carbocycles. The number of carbonyl (C=O) groups is 2. The van der Waals surface area contributed by atoms with Crippen molar-refractivity contribution in [3.63, 3.8) is 0 Å². The summed E-state index contributed by atoms with van der Waals surface area (Å²) in [5.74, 6) is 4.21. The number of benzene rings is 3. The van der Waals surface area contributed by atoms with Crippen LogP contribution in [0.25, 0.3) is 21.5 Å². The van der Waals surface area contributed by atoms with Crippen molar-refractivity contribution >= 4 is 33.5 Å². The Balaban J connectivity index is 0.931. The van der Waals surface area contributed by atoms with E-state index in [1.807, 2.05) is 48.5 Å². The maximum absolute atomic E-state index is 12.8. The average molecular weight is 911 g/mol. The van der Waals surface area contributed by atoms with E-state index in [1.54, 1.807) is 0 Å². The van der Waals surface area contributed by atoms with Gasteiger partial charge in [0, 0.05) is 21.5 Å². The molecule has 6 heteroatoms. The van der Waals surface area contributed by atoms with Gasteiger partial charge in [0.15, 0.2) is 0 Å². The molecule has 66 heavy (non-hydrogen) atoms. The van der Waals surface area contributed by atoms with Crippen molar-refractivity contribution < 1.29 is 28.5 Å². The van der Waals surface area contributed by atoms with Gasteiger partial charge >= 0.3 is 11.9 Å². The molecule has 2 fully saturated rings. The van der Waals surface area contributed by atoms with E-state index in [0.29, 0.717) is 25.0 Å². The summed E-state index contributed by atoms with van der Waals surface area (Å²) in [6.45, 7) is 6.05. The number of ether oxygens (including phenoxy) is 4. The Labute approximate surface area is 402 Å². The van der Waals surface area contributed by atoms with Crippen LogP contribution in [0.4, 0.5) is 0 Å². The number of fused-ring (bicyclic) bond motifs is 2. The van der Waals surface area contributed by atoms with E-state index >= 15 is 0 Å². The van der Waals surface area contributed by atoms with Crippen LogP contribution in [0.3, 0.4) is 0 Å². The Bertz CT molecular complexity index is 1550. The van der Waals surface area contributed by atoms with E-state index in [4.69, 9.17) is 18.9 Å². The van der Waals surface area contributed by atoms with Crippen LogP contribution in [0.1, 0.15) is 232 Å². The highest BCUT2D eigenvalue weighted by Crippen LogP contribution is 2.43. The zero-order chi connectivity index (χ0) is 46.3. The average Bonchev–Trinajstić information content (AvgIpc) is 3.34. The van der Waals surface area contributed by atoms with Gasteiger partial charge in [0.1, 0.15) is 11.5 Å². The van der Waals surface area contributed by atoms with Crippen LogP contribution < -0.4 is 9.47 Å². The van der Waals surface area contributed by atoms with Gasteiger partial charge in [0.2, 0.25) is 0 Å². The second-order valence-electron chi connectivity index (χ2n) is 20.7. The van der Waals surface area contributed by atoms with E-state index in [-0.39, 0.29) is 38.0 Å². The summed E-state index contributed by atoms with van der Waals surface area (Å²) in [6.07, 6.45) is 43.7. The van der Waals surface area contributed by atoms with Crippen LogP contribution >= 0.6 is 0 Å². The second kappa shape index (κ2) is 33.3. The number of unbranched alkanes of at least 4 members (excludes halogenated alkanes) is 18. The summed E-state index contributed by atoms with van der Waals surface area (Å²) >= 11 is 0. The Kier molecular flexibility index (Phi) is 27.0. The van der Waals surface area contributed by atoms with Crippen molar-refractivity contribution in [1.82, 2.24) is 0 Å². The van der Waals surface area contributed by atoms with Crippen LogP contribution in [0.5, 0.6) is 11.5 Å². The van der Waals surface area contributed by atoms with Gasteiger partial charge in [-0.2, -0.15) is 0 Å². The molecule has 0 radical (unpaired) electrons. The first-order chi connectivity index (χ1) is 32.6. The molecule has 2 aliphatic rings. The first kappa shape index (κ1) is 53.7. The predicted molar refractivity (Wildman–Crippen MR) is 277 cm³/mol. The van der Waals surface area contributed by atoms with Crippen molar-refractivity contribution in [3.05, 3.63) is 48.5 Å². The van der Waals surface area contributed by atoms with Crippen LogP contribution in [0.15, 0.2) is 48.5 Å². The molecule has 2 saturated carbocycles. The quantitative estimate of drug-likeness (QED) is 0.0329. The maximum atomic E-state index is 12.8. The van der Waals surface area contributed by atoms with Crippen molar-refractivity contribution in [2.45, 2.75) is 232 Å². The van der Waals surface area contributed by atoms with Gasteiger partial charge in [-0.05, 0) is 36.5 Å². The van der Waals surface area contributed by atoms with E-state index < -0.39 is 0 Å². The molecule has 0 N–H and O–H groups in total. The normalized spacial score (nSPS) is 18.7. The molecule has 370 valence electrons. The highest BCUT2D eigenvalue weighted by molar-refractivity contribution is 6.11. The Morgan fingerprint density at radius 3 is 0.955 bits per heavy atom. The maximum Gasteiger partial charge on any atom is 0.309 e. The third-order valence-corrected chi connectivity index (χ3v) is 15.4. The van der Waals surface area contributed by atoms with Crippen molar-refractivity contribution in [3.8, 4) is 11.5 Å². The molecule has 0 bridgehead atoms. The third-order valence-electron chi connectivity index (χ3n) is 15.4. The lowest BCUT2D eigenvalue weighted by molar-refractivity contribution is -0.145.